The molecule has 0 aliphatic carbocycles. The molecule has 148 valence electrons. The largest absolute Gasteiger partial charge is 0.481 e. The van der Waals surface area contributed by atoms with Crippen LogP contribution in [0.2, 0.25) is 0 Å². The first-order valence-electron chi connectivity index (χ1n) is 9.43. The first-order chi connectivity index (χ1) is 13.9. The Morgan fingerprint density at radius 2 is 1.41 bits per heavy atom. The van der Waals surface area contributed by atoms with Gasteiger partial charge in [-0.2, -0.15) is 0 Å². The van der Waals surface area contributed by atoms with Crippen LogP contribution in [-0.4, -0.2) is 17.9 Å². The molecule has 0 bridgehead atoms. The normalized spacial score (nSPS) is 11.4. The molecule has 0 heterocycles. The number of amides is 2. The van der Waals surface area contributed by atoms with Crippen molar-refractivity contribution in [3.05, 3.63) is 89.5 Å². The molecule has 0 aliphatic rings. The Hall–Kier alpha value is -3.60. The topological polar surface area (TPSA) is 67.4 Å². The third kappa shape index (κ3) is 5.69. The molecule has 0 spiro atoms. The number of rotatable bonds is 6. The number of carbonyl (C=O) groups excluding carboxylic acids is 2. The van der Waals surface area contributed by atoms with Crippen LogP contribution in [0.1, 0.15) is 28.4 Å². The summed E-state index contributed by atoms with van der Waals surface area (Å²) in [6.45, 7) is 5.64. The van der Waals surface area contributed by atoms with E-state index in [1.807, 2.05) is 56.3 Å². The van der Waals surface area contributed by atoms with Gasteiger partial charge in [0.05, 0.1) is 0 Å². The standard InChI is InChI=1S/C24H24N2O3/c1-16-7-13-22(14-8-16)29-18(3)23(27)25-20-9-11-21(12-10-20)26-24(28)19-6-4-5-17(2)15-19/h4-15,18H,1-3H3,(H,25,27)(H,26,28). The first kappa shape index (κ1) is 20.1. The molecule has 1 unspecified atom stereocenters. The molecular weight excluding hydrogens is 364 g/mol. The molecule has 0 saturated carbocycles. The van der Waals surface area contributed by atoms with Crippen LogP contribution in [0.15, 0.2) is 72.8 Å². The molecule has 2 N–H and O–H groups in total. The summed E-state index contributed by atoms with van der Waals surface area (Å²) in [6.07, 6.45) is -0.640. The van der Waals surface area contributed by atoms with Gasteiger partial charge in [0.1, 0.15) is 5.75 Å². The maximum Gasteiger partial charge on any atom is 0.265 e. The molecule has 1 atom stereocenters. The number of hydrogen-bond donors (Lipinski definition) is 2. The molecule has 29 heavy (non-hydrogen) atoms. The first-order valence-corrected chi connectivity index (χ1v) is 9.43. The van der Waals surface area contributed by atoms with E-state index in [-0.39, 0.29) is 11.8 Å². The average molecular weight is 388 g/mol. The van der Waals surface area contributed by atoms with Crippen LogP contribution >= 0.6 is 0 Å². The summed E-state index contributed by atoms with van der Waals surface area (Å²) >= 11 is 0. The molecule has 0 aliphatic heterocycles. The fourth-order valence-electron chi connectivity index (χ4n) is 2.74. The molecule has 3 aromatic rings. The molecule has 0 saturated heterocycles. The predicted octanol–water partition coefficient (Wildman–Crippen LogP) is 4.96. The van der Waals surface area contributed by atoms with Gasteiger partial charge in [-0.1, -0.05) is 35.4 Å². The number of hydrogen-bond acceptors (Lipinski definition) is 3. The minimum atomic E-state index is -0.640. The summed E-state index contributed by atoms with van der Waals surface area (Å²) in [7, 11) is 0. The lowest BCUT2D eigenvalue weighted by Gasteiger charge is -2.15. The van der Waals surface area contributed by atoms with E-state index in [1.54, 1.807) is 37.3 Å². The molecule has 2 amide bonds. The minimum absolute atomic E-state index is 0.175. The Morgan fingerprint density at radius 1 is 0.793 bits per heavy atom. The SMILES string of the molecule is Cc1ccc(OC(C)C(=O)Nc2ccc(NC(=O)c3cccc(C)c3)cc2)cc1. The molecular formula is C24H24N2O3. The highest BCUT2D eigenvalue weighted by Gasteiger charge is 2.15. The summed E-state index contributed by atoms with van der Waals surface area (Å²) < 4.78 is 5.67. The smallest absolute Gasteiger partial charge is 0.265 e. The van der Waals surface area contributed by atoms with E-state index in [1.165, 1.54) is 0 Å². The molecule has 0 radical (unpaired) electrons. The Labute approximate surface area is 170 Å². The van der Waals surface area contributed by atoms with Crippen molar-refractivity contribution < 1.29 is 14.3 Å². The second-order valence-electron chi connectivity index (χ2n) is 6.96. The highest BCUT2D eigenvalue weighted by Crippen LogP contribution is 2.17. The van der Waals surface area contributed by atoms with Gasteiger partial charge >= 0.3 is 0 Å². The van der Waals surface area contributed by atoms with Crippen LogP contribution < -0.4 is 15.4 Å². The number of anilines is 2. The number of carbonyl (C=O) groups is 2. The van der Waals surface area contributed by atoms with Crippen molar-refractivity contribution in [1.82, 2.24) is 0 Å². The van der Waals surface area contributed by atoms with Gasteiger partial charge in [-0.3, -0.25) is 9.59 Å². The van der Waals surface area contributed by atoms with Crippen LogP contribution in [-0.2, 0) is 4.79 Å². The van der Waals surface area contributed by atoms with Gasteiger partial charge in [-0.25, -0.2) is 0 Å². The lowest BCUT2D eigenvalue weighted by molar-refractivity contribution is -0.122. The molecule has 3 aromatic carbocycles. The zero-order valence-electron chi connectivity index (χ0n) is 16.7. The molecule has 0 aromatic heterocycles. The molecule has 3 rings (SSSR count). The molecule has 5 nitrogen and oxygen atoms in total. The Kier molecular flexibility index (Phi) is 6.29. The van der Waals surface area contributed by atoms with Crippen molar-refractivity contribution in [2.75, 3.05) is 10.6 Å². The van der Waals surface area contributed by atoms with Crippen LogP contribution in [0.5, 0.6) is 5.75 Å². The van der Waals surface area contributed by atoms with Crippen molar-refractivity contribution in [1.29, 1.82) is 0 Å². The van der Waals surface area contributed by atoms with Gasteiger partial charge in [-0.15, -0.1) is 0 Å². The van der Waals surface area contributed by atoms with Gasteiger partial charge in [0, 0.05) is 16.9 Å². The fourth-order valence-corrected chi connectivity index (χ4v) is 2.74. The van der Waals surface area contributed by atoms with Gasteiger partial charge < -0.3 is 15.4 Å². The molecule has 5 heteroatoms. The maximum atomic E-state index is 12.4. The number of aryl methyl sites for hydroxylation is 2. The second kappa shape index (κ2) is 9.06. The minimum Gasteiger partial charge on any atom is -0.481 e. The van der Waals surface area contributed by atoms with Crippen LogP contribution in [0.25, 0.3) is 0 Å². The highest BCUT2D eigenvalue weighted by atomic mass is 16.5. The average Bonchev–Trinajstić information content (AvgIpc) is 2.71. The lowest BCUT2D eigenvalue weighted by atomic mass is 10.1. The number of benzene rings is 3. The lowest BCUT2D eigenvalue weighted by Crippen LogP contribution is -2.30. The van der Waals surface area contributed by atoms with E-state index in [9.17, 15) is 9.59 Å². The Balaban J connectivity index is 1.56. The summed E-state index contributed by atoms with van der Waals surface area (Å²) in [6, 6.07) is 21.9. The van der Waals surface area contributed by atoms with E-state index < -0.39 is 6.10 Å². The van der Waals surface area contributed by atoms with Gasteiger partial charge in [0.25, 0.3) is 11.8 Å². The van der Waals surface area contributed by atoms with Crippen molar-refractivity contribution in [2.45, 2.75) is 26.9 Å². The van der Waals surface area contributed by atoms with Gasteiger partial charge in [-0.05, 0) is 69.3 Å². The molecule has 0 fully saturated rings. The second-order valence-corrected chi connectivity index (χ2v) is 6.96. The number of nitrogens with one attached hydrogen (secondary N) is 2. The third-order valence-electron chi connectivity index (χ3n) is 4.39. The fraction of sp³-hybridized carbons (Fsp3) is 0.167. The van der Waals surface area contributed by atoms with Crippen molar-refractivity contribution in [2.24, 2.45) is 0 Å². The van der Waals surface area contributed by atoms with Crippen molar-refractivity contribution >= 4 is 23.2 Å². The van der Waals surface area contributed by atoms with Crippen molar-refractivity contribution in [3.63, 3.8) is 0 Å². The number of ether oxygens (including phenoxy) is 1. The predicted molar refractivity (Wildman–Crippen MR) is 115 cm³/mol. The van der Waals surface area contributed by atoms with E-state index in [4.69, 9.17) is 4.74 Å². The third-order valence-corrected chi connectivity index (χ3v) is 4.39. The monoisotopic (exact) mass is 388 g/mol. The van der Waals surface area contributed by atoms with E-state index >= 15 is 0 Å². The summed E-state index contributed by atoms with van der Waals surface area (Å²) in [5.74, 6) is 0.222. The summed E-state index contributed by atoms with van der Waals surface area (Å²) in [4.78, 5) is 24.7. The summed E-state index contributed by atoms with van der Waals surface area (Å²) in [5.41, 5.74) is 4.03. The zero-order valence-corrected chi connectivity index (χ0v) is 16.7. The summed E-state index contributed by atoms with van der Waals surface area (Å²) in [5, 5.41) is 5.67. The van der Waals surface area contributed by atoms with Gasteiger partial charge in [0.15, 0.2) is 6.10 Å². The van der Waals surface area contributed by atoms with Crippen LogP contribution in [0.4, 0.5) is 11.4 Å². The maximum absolute atomic E-state index is 12.4. The zero-order chi connectivity index (χ0) is 20.8. The van der Waals surface area contributed by atoms with E-state index in [0.29, 0.717) is 22.7 Å². The van der Waals surface area contributed by atoms with Gasteiger partial charge in [0.2, 0.25) is 0 Å². The van der Waals surface area contributed by atoms with E-state index in [0.717, 1.165) is 11.1 Å². The van der Waals surface area contributed by atoms with Crippen LogP contribution in [0.3, 0.4) is 0 Å². The quantitative estimate of drug-likeness (QED) is 0.627. The Bertz CT molecular complexity index is 995. The van der Waals surface area contributed by atoms with Crippen LogP contribution in [0, 0.1) is 13.8 Å². The van der Waals surface area contributed by atoms with Crippen molar-refractivity contribution in [3.8, 4) is 5.75 Å². The Morgan fingerprint density at radius 3 is 2.03 bits per heavy atom. The van der Waals surface area contributed by atoms with E-state index in [2.05, 4.69) is 10.6 Å². The highest BCUT2D eigenvalue weighted by molar-refractivity contribution is 6.04.